The molecule has 0 saturated heterocycles. The molecule has 4 rings (SSSR count). The second-order valence-corrected chi connectivity index (χ2v) is 13.7. The summed E-state index contributed by atoms with van der Waals surface area (Å²) in [7, 11) is 0. The largest absolute Gasteiger partial charge is 0.291 e. The molecule has 9 atom stereocenters. The van der Waals surface area contributed by atoms with Crippen molar-refractivity contribution in [1.82, 2.24) is 0 Å². The highest BCUT2D eigenvalue weighted by Gasteiger charge is 2.60. The summed E-state index contributed by atoms with van der Waals surface area (Å²) in [4.78, 5) is 5.08. The molecule has 4 aliphatic carbocycles. The van der Waals surface area contributed by atoms with E-state index in [1.807, 2.05) is 0 Å². The van der Waals surface area contributed by atoms with E-state index in [2.05, 4.69) is 48.5 Å². The standard InChI is InChI=1S/C30H53N/c1-20(2)9-8-10-22(5)26-15-16-27-25-14-12-23-11-13-24(31-21(3)4)19-30(23,7)28(25)17-18-29(26,27)6/h20,22-28H,8-19H2,1-7H3/t22-,23?,24?,25+,26-,27+,28+,29-,30+/m1/s1. The minimum Gasteiger partial charge on any atom is -0.291 e. The predicted octanol–water partition coefficient (Wildman–Crippen LogP) is 8.96. The zero-order valence-corrected chi connectivity index (χ0v) is 22.1. The average Bonchev–Trinajstić information content (AvgIpc) is 3.03. The molecular formula is C30H53N. The molecule has 0 spiro atoms. The van der Waals surface area contributed by atoms with Crippen molar-refractivity contribution in [2.24, 2.45) is 57.2 Å². The fourth-order valence-electron chi connectivity index (χ4n) is 9.83. The molecule has 2 unspecified atom stereocenters. The highest BCUT2D eigenvalue weighted by Crippen LogP contribution is 2.68. The van der Waals surface area contributed by atoms with Gasteiger partial charge in [-0.3, -0.25) is 4.99 Å². The van der Waals surface area contributed by atoms with Crippen LogP contribution in [0.2, 0.25) is 0 Å². The van der Waals surface area contributed by atoms with Crippen molar-refractivity contribution < 1.29 is 0 Å². The van der Waals surface area contributed by atoms with Crippen LogP contribution < -0.4 is 0 Å². The Morgan fingerprint density at radius 2 is 1.55 bits per heavy atom. The normalized spacial score (nSPS) is 45.5. The Bertz CT molecular complexity index is 645. The van der Waals surface area contributed by atoms with Crippen LogP contribution in [-0.2, 0) is 0 Å². The maximum atomic E-state index is 5.08. The lowest BCUT2D eigenvalue weighted by atomic mass is 9.44. The monoisotopic (exact) mass is 427 g/mol. The number of hydrogen-bond acceptors (Lipinski definition) is 1. The Morgan fingerprint density at radius 3 is 2.26 bits per heavy atom. The molecule has 0 heterocycles. The molecule has 0 aromatic heterocycles. The summed E-state index contributed by atoms with van der Waals surface area (Å²) in [6.07, 6.45) is 17.6. The molecule has 0 bridgehead atoms. The molecule has 4 fully saturated rings. The summed E-state index contributed by atoms with van der Waals surface area (Å²) in [5, 5.41) is 0. The van der Waals surface area contributed by atoms with Gasteiger partial charge in [0.15, 0.2) is 0 Å². The highest BCUT2D eigenvalue weighted by molar-refractivity contribution is 5.79. The van der Waals surface area contributed by atoms with E-state index in [4.69, 9.17) is 4.99 Å². The molecule has 0 amide bonds. The van der Waals surface area contributed by atoms with Crippen LogP contribution in [0.5, 0.6) is 0 Å². The molecular weight excluding hydrogens is 374 g/mol. The van der Waals surface area contributed by atoms with Gasteiger partial charge in [0.25, 0.3) is 0 Å². The Morgan fingerprint density at radius 1 is 0.839 bits per heavy atom. The molecule has 1 nitrogen and oxygen atoms in total. The Hall–Kier alpha value is -0.330. The van der Waals surface area contributed by atoms with Gasteiger partial charge in [0.1, 0.15) is 0 Å². The van der Waals surface area contributed by atoms with Gasteiger partial charge in [-0.25, -0.2) is 0 Å². The average molecular weight is 428 g/mol. The molecule has 0 N–H and O–H groups in total. The van der Waals surface area contributed by atoms with Crippen molar-refractivity contribution in [1.29, 1.82) is 0 Å². The van der Waals surface area contributed by atoms with Crippen molar-refractivity contribution in [3.8, 4) is 0 Å². The van der Waals surface area contributed by atoms with E-state index in [0.29, 0.717) is 16.9 Å². The van der Waals surface area contributed by atoms with Crippen LogP contribution in [0, 0.1) is 52.3 Å². The molecule has 0 aromatic carbocycles. The second kappa shape index (κ2) is 9.13. The van der Waals surface area contributed by atoms with E-state index in [1.54, 1.807) is 6.42 Å². The van der Waals surface area contributed by atoms with Crippen LogP contribution in [0.25, 0.3) is 0 Å². The third kappa shape index (κ3) is 4.42. The van der Waals surface area contributed by atoms with Gasteiger partial charge in [0.2, 0.25) is 0 Å². The summed E-state index contributed by atoms with van der Waals surface area (Å²) >= 11 is 0. The SMILES string of the molecule is CC(C)=NC1CCC2CC[C@H]3[C@@H]4CC[C@H]([C@H](C)CCCC(C)C)[C@@]4(C)CC[C@@H]3[C@@]2(C)C1. The van der Waals surface area contributed by atoms with E-state index in [0.717, 1.165) is 41.4 Å². The van der Waals surface area contributed by atoms with Gasteiger partial charge in [-0.2, -0.15) is 0 Å². The first-order valence-electron chi connectivity index (χ1n) is 14.2. The summed E-state index contributed by atoms with van der Waals surface area (Å²) in [5.74, 6) is 6.77. The van der Waals surface area contributed by atoms with Crippen LogP contribution >= 0.6 is 0 Å². The molecule has 1 heteroatoms. The summed E-state index contributed by atoms with van der Waals surface area (Å²) in [5.41, 5.74) is 2.49. The van der Waals surface area contributed by atoms with E-state index < -0.39 is 0 Å². The molecule has 0 aliphatic heterocycles. The van der Waals surface area contributed by atoms with Gasteiger partial charge in [-0.15, -0.1) is 0 Å². The fourth-order valence-corrected chi connectivity index (χ4v) is 9.83. The highest BCUT2D eigenvalue weighted by atomic mass is 14.8. The van der Waals surface area contributed by atoms with Crippen molar-refractivity contribution >= 4 is 5.71 Å². The van der Waals surface area contributed by atoms with Crippen molar-refractivity contribution in [2.75, 3.05) is 0 Å². The number of fused-ring (bicyclic) bond motifs is 5. The first-order valence-corrected chi connectivity index (χ1v) is 14.2. The molecule has 4 aliphatic rings. The van der Waals surface area contributed by atoms with Crippen LogP contribution in [0.15, 0.2) is 4.99 Å². The number of nitrogens with zero attached hydrogens (tertiary/aromatic N) is 1. The first-order chi connectivity index (χ1) is 14.6. The Labute approximate surface area is 194 Å². The van der Waals surface area contributed by atoms with Crippen molar-refractivity contribution in [3.05, 3.63) is 0 Å². The molecule has 0 aromatic rings. The predicted molar refractivity (Wildman–Crippen MR) is 136 cm³/mol. The third-order valence-electron chi connectivity index (χ3n) is 11.2. The Balaban J connectivity index is 1.48. The zero-order valence-electron chi connectivity index (χ0n) is 22.1. The van der Waals surface area contributed by atoms with Gasteiger partial charge in [0, 0.05) is 5.71 Å². The van der Waals surface area contributed by atoms with Gasteiger partial charge >= 0.3 is 0 Å². The van der Waals surface area contributed by atoms with E-state index in [9.17, 15) is 0 Å². The van der Waals surface area contributed by atoms with Crippen LogP contribution in [0.4, 0.5) is 0 Å². The van der Waals surface area contributed by atoms with Gasteiger partial charge in [-0.1, -0.05) is 53.9 Å². The van der Waals surface area contributed by atoms with Crippen LogP contribution in [0.1, 0.15) is 126 Å². The van der Waals surface area contributed by atoms with Crippen molar-refractivity contribution in [2.45, 2.75) is 132 Å². The van der Waals surface area contributed by atoms with Gasteiger partial charge in [0.05, 0.1) is 6.04 Å². The molecule has 31 heavy (non-hydrogen) atoms. The maximum absolute atomic E-state index is 5.08. The quantitative estimate of drug-likeness (QED) is 0.375. The lowest BCUT2D eigenvalue weighted by Gasteiger charge is -2.61. The minimum absolute atomic E-state index is 0.563. The van der Waals surface area contributed by atoms with Crippen LogP contribution in [0.3, 0.4) is 0 Å². The zero-order chi connectivity index (χ0) is 22.4. The third-order valence-corrected chi connectivity index (χ3v) is 11.2. The lowest BCUT2D eigenvalue weighted by molar-refractivity contribution is -0.116. The lowest BCUT2D eigenvalue weighted by Crippen LogP contribution is -2.54. The summed E-state index contributed by atoms with van der Waals surface area (Å²) in [6.45, 7) is 17.2. The van der Waals surface area contributed by atoms with Gasteiger partial charge < -0.3 is 0 Å². The first kappa shape index (κ1) is 23.8. The van der Waals surface area contributed by atoms with E-state index in [-0.39, 0.29) is 0 Å². The smallest absolute Gasteiger partial charge is 0.0504 e. The maximum Gasteiger partial charge on any atom is 0.0504 e. The second-order valence-electron chi connectivity index (χ2n) is 13.7. The van der Waals surface area contributed by atoms with Crippen molar-refractivity contribution in [3.63, 3.8) is 0 Å². The molecule has 178 valence electrons. The van der Waals surface area contributed by atoms with E-state index in [1.165, 1.54) is 76.3 Å². The minimum atomic E-state index is 0.563. The Kier molecular flexibility index (Phi) is 7.02. The topological polar surface area (TPSA) is 12.4 Å². The number of rotatable bonds is 6. The van der Waals surface area contributed by atoms with E-state index >= 15 is 0 Å². The molecule has 0 radical (unpaired) electrons. The summed E-state index contributed by atoms with van der Waals surface area (Å²) in [6, 6.07) is 0.607. The van der Waals surface area contributed by atoms with Gasteiger partial charge in [-0.05, 0) is 124 Å². The summed E-state index contributed by atoms with van der Waals surface area (Å²) < 4.78 is 0. The number of aliphatic imine (C=N–C) groups is 1. The fraction of sp³-hybridized carbons (Fsp3) is 0.967. The molecule has 4 saturated carbocycles. The number of hydrogen-bond donors (Lipinski definition) is 0. The van der Waals surface area contributed by atoms with Crippen LogP contribution in [-0.4, -0.2) is 11.8 Å².